The SMILES string of the molecule is O=C(Nc1ccc(Cl)cc1NC(=O)c1ccco1)c1cccc(N2CCCC2=O)c1. The number of hydrogen-bond donors (Lipinski definition) is 2. The Hall–Kier alpha value is -3.58. The fourth-order valence-electron chi connectivity index (χ4n) is 3.25. The zero-order valence-electron chi connectivity index (χ0n) is 15.9. The minimum absolute atomic E-state index is 0.0492. The van der Waals surface area contributed by atoms with Gasteiger partial charge in [0.15, 0.2) is 5.76 Å². The predicted octanol–water partition coefficient (Wildman–Crippen LogP) is 4.56. The van der Waals surface area contributed by atoms with Gasteiger partial charge in [-0.25, -0.2) is 0 Å². The average Bonchev–Trinajstić information content (AvgIpc) is 3.42. The number of nitrogens with one attached hydrogen (secondary N) is 2. The van der Waals surface area contributed by atoms with E-state index in [1.807, 2.05) is 0 Å². The minimum Gasteiger partial charge on any atom is -0.459 e. The second-order valence-electron chi connectivity index (χ2n) is 6.77. The standard InChI is InChI=1S/C22H18ClN3O4/c23-15-8-9-17(18(13-15)25-22(29)19-6-3-11-30-19)24-21(28)14-4-1-5-16(12-14)26-10-2-7-20(26)27/h1,3-6,8-9,11-13H,2,7,10H2,(H,24,28)(H,25,29). The first-order chi connectivity index (χ1) is 14.5. The number of benzene rings is 2. The van der Waals surface area contributed by atoms with Gasteiger partial charge in [0.1, 0.15) is 0 Å². The fraction of sp³-hybridized carbons (Fsp3) is 0.136. The third kappa shape index (κ3) is 4.21. The van der Waals surface area contributed by atoms with Crippen LogP contribution >= 0.6 is 11.6 Å². The molecule has 1 aliphatic heterocycles. The van der Waals surface area contributed by atoms with Gasteiger partial charge >= 0.3 is 0 Å². The summed E-state index contributed by atoms with van der Waals surface area (Å²) >= 11 is 6.06. The molecule has 3 aromatic rings. The van der Waals surface area contributed by atoms with Crippen LogP contribution in [0, 0.1) is 0 Å². The van der Waals surface area contributed by atoms with Gasteiger partial charge in [0.25, 0.3) is 11.8 Å². The summed E-state index contributed by atoms with van der Waals surface area (Å²) in [4.78, 5) is 38.8. The number of furan rings is 1. The Morgan fingerprint density at radius 3 is 2.53 bits per heavy atom. The molecule has 0 saturated carbocycles. The number of anilines is 3. The quantitative estimate of drug-likeness (QED) is 0.629. The van der Waals surface area contributed by atoms with Crippen molar-refractivity contribution in [2.75, 3.05) is 22.1 Å². The van der Waals surface area contributed by atoms with E-state index in [0.29, 0.717) is 40.6 Å². The van der Waals surface area contributed by atoms with E-state index in [4.69, 9.17) is 16.0 Å². The van der Waals surface area contributed by atoms with Crippen molar-refractivity contribution >= 4 is 46.4 Å². The van der Waals surface area contributed by atoms with Gasteiger partial charge in [0, 0.05) is 29.2 Å². The molecule has 152 valence electrons. The number of halogens is 1. The monoisotopic (exact) mass is 423 g/mol. The largest absolute Gasteiger partial charge is 0.459 e. The first kappa shape index (κ1) is 19.7. The zero-order chi connectivity index (χ0) is 21.1. The fourth-order valence-corrected chi connectivity index (χ4v) is 3.42. The van der Waals surface area contributed by atoms with E-state index in [-0.39, 0.29) is 17.6 Å². The summed E-state index contributed by atoms with van der Waals surface area (Å²) in [5.41, 5.74) is 1.80. The van der Waals surface area contributed by atoms with Gasteiger partial charge in [-0.15, -0.1) is 0 Å². The molecule has 2 N–H and O–H groups in total. The topological polar surface area (TPSA) is 91.7 Å². The van der Waals surface area contributed by atoms with Gasteiger partial charge in [0.2, 0.25) is 5.91 Å². The molecule has 0 spiro atoms. The summed E-state index contributed by atoms with van der Waals surface area (Å²) in [6.07, 6.45) is 2.71. The molecule has 8 heteroatoms. The normalized spacial score (nSPS) is 13.4. The molecule has 7 nitrogen and oxygen atoms in total. The number of rotatable bonds is 5. The van der Waals surface area contributed by atoms with Gasteiger partial charge in [0.05, 0.1) is 17.6 Å². The number of carbonyl (C=O) groups is 3. The molecular weight excluding hydrogens is 406 g/mol. The van der Waals surface area contributed by atoms with Gasteiger partial charge in [-0.3, -0.25) is 14.4 Å². The highest BCUT2D eigenvalue weighted by Crippen LogP contribution is 2.28. The molecule has 4 rings (SSSR count). The molecule has 0 aliphatic carbocycles. The summed E-state index contributed by atoms with van der Waals surface area (Å²) in [6, 6.07) is 14.8. The summed E-state index contributed by atoms with van der Waals surface area (Å²) < 4.78 is 5.09. The Balaban J connectivity index is 1.55. The van der Waals surface area contributed by atoms with E-state index >= 15 is 0 Å². The highest BCUT2D eigenvalue weighted by atomic mass is 35.5. The predicted molar refractivity (Wildman–Crippen MR) is 114 cm³/mol. The first-order valence-corrected chi connectivity index (χ1v) is 9.75. The molecular formula is C22H18ClN3O4. The number of amides is 3. The second-order valence-corrected chi connectivity index (χ2v) is 7.21. The Morgan fingerprint density at radius 2 is 1.80 bits per heavy atom. The van der Waals surface area contributed by atoms with Gasteiger partial charge in [-0.2, -0.15) is 0 Å². The molecule has 0 atom stereocenters. The van der Waals surface area contributed by atoms with Crippen molar-refractivity contribution in [3.05, 3.63) is 77.2 Å². The Bertz CT molecular complexity index is 1110. The molecule has 0 radical (unpaired) electrons. The van der Waals surface area contributed by atoms with E-state index in [9.17, 15) is 14.4 Å². The van der Waals surface area contributed by atoms with Gasteiger partial charge in [-0.1, -0.05) is 17.7 Å². The van der Waals surface area contributed by atoms with Crippen molar-refractivity contribution in [2.45, 2.75) is 12.8 Å². The van der Waals surface area contributed by atoms with Crippen LogP contribution in [-0.2, 0) is 4.79 Å². The van der Waals surface area contributed by atoms with Crippen LogP contribution in [0.2, 0.25) is 5.02 Å². The van der Waals surface area contributed by atoms with Crippen molar-refractivity contribution in [1.82, 2.24) is 0 Å². The van der Waals surface area contributed by atoms with E-state index in [2.05, 4.69) is 10.6 Å². The molecule has 0 bridgehead atoms. The second kappa shape index (κ2) is 8.42. The van der Waals surface area contributed by atoms with E-state index in [1.54, 1.807) is 47.4 Å². The molecule has 0 unspecified atom stereocenters. The third-order valence-electron chi connectivity index (χ3n) is 4.72. The summed E-state index contributed by atoms with van der Waals surface area (Å²) in [6.45, 7) is 0.643. The van der Waals surface area contributed by atoms with Crippen molar-refractivity contribution < 1.29 is 18.8 Å². The van der Waals surface area contributed by atoms with Crippen LogP contribution in [0.1, 0.15) is 33.8 Å². The minimum atomic E-state index is -0.465. The van der Waals surface area contributed by atoms with E-state index in [0.717, 1.165) is 6.42 Å². The summed E-state index contributed by atoms with van der Waals surface area (Å²) in [5, 5.41) is 5.88. The maximum Gasteiger partial charge on any atom is 0.291 e. The maximum absolute atomic E-state index is 12.8. The van der Waals surface area contributed by atoms with Crippen molar-refractivity contribution in [3.8, 4) is 0 Å². The summed E-state index contributed by atoms with van der Waals surface area (Å²) in [7, 11) is 0. The van der Waals surface area contributed by atoms with Crippen molar-refractivity contribution in [1.29, 1.82) is 0 Å². The molecule has 30 heavy (non-hydrogen) atoms. The lowest BCUT2D eigenvalue weighted by molar-refractivity contribution is -0.117. The highest BCUT2D eigenvalue weighted by Gasteiger charge is 2.22. The Morgan fingerprint density at radius 1 is 0.967 bits per heavy atom. The van der Waals surface area contributed by atoms with E-state index in [1.165, 1.54) is 18.4 Å². The van der Waals surface area contributed by atoms with Crippen LogP contribution in [0.15, 0.2) is 65.3 Å². The van der Waals surface area contributed by atoms with Crippen molar-refractivity contribution in [3.63, 3.8) is 0 Å². The van der Waals surface area contributed by atoms with Gasteiger partial charge < -0.3 is 20.0 Å². The lowest BCUT2D eigenvalue weighted by Crippen LogP contribution is -2.24. The lowest BCUT2D eigenvalue weighted by Gasteiger charge is -2.17. The highest BCUT2D eigenvalue weighted by molar-refractivity contribution is 6.31. The smallest absolute Gasteiger partial charge is 0.291 e. The van der Waals surface area contributed by atoms with Crippen LogP contribution < -0.4 is 15.5 Å². The molecule has 1 fully saturated rings. The zero-order valence-corrected chi connectivity index (χ0v) is 16.6. The molecule has 3 amide bonds. The van der Waals surface area contributed by atoms with Crippen molar-refractivity contribution in [2.24, 2.45) is 0 Å². The third-order valence-corrected chi connectivity index (χ3v) is 4.95. The first-order valence-electron chi connectivity index (χ1n) is 9.37. The van der Waals surface area contributed by atoms with Gasteiger partial charge in [-0.05, 0) is 55.0 Å². The average molecular weight is 424 g/mol. The molecule has 1 saturated heterocycles. The molecule has 1 aromatic heterocycles. The van der Waals surface area contributed by atoms with E-state index < -0.39 is 5.91 Å². The number of carbonyl (C=O) groups excluding carboxylic acids is 3. The van der Waals surface area contributed by atoms with Crippen LogP contribution in [0.4, 0.5) is 17.1 Å². The van der Waals surface area contributed by atoms with Crippen LogP contribution in [0.5, 0.6) is 0 Å². The Kier molecular flexibility index (Phi) is 5.54. The molecule has 1 aliphatic rings. The molecule has 2 aromatic carbocycles. The van der Waals surface area contributed by atoms with Crippen LogP contribution in [0.25, 0.3) is 0 Å². The lowest BCUT2D eigenvalue weighted by atomic mass is 10.1. The number of hydrogen-bond acceptors (Lipinski definition) is 4. The number of nitrogens with zero attached hydrogens (tertiary/aromatic N) is 1. The molecule has 2 heterocycles. The maximum atomic E-state index is 12.8. The summed E-state index contributed by atoms with van der Waals surface area (Å²) in [5.74, 6) is -0.657. The Labute approximate surface area is 177 Å². The van der Waals surface area contributed by atoms with Crippen LogP contribution in [0.3, 0.4) is 0 Å². The van der Waals surface area contributed by atoms with Crippen LogP contribution in [-0.4, -0.2) is 24.3 Å².